The second kappa shape index (κ2) is 8.91. The minimum absolute atomic E-state index is 0.0632. The van der Waals surface area contributed by atoms with Crippen LogP contribution < -0.4 is 5.32 Å². The van der Waals surface area contributed by atoms with Crippen molar-refractivity contribution in [2.75, 3.05) is 18.4 Å². The summed E-state index contributed by atoms with van der Waals surface area (Å²) in [6.07, 6.45) is 1.58. The van der Waals surface area contributed by atoms with Crippen LogP contribution in [-0.2, 0) is 0 Å². The Morgan fingerprint density at radius 2 is 1.53 bits per heavy atom. The molecule has 152 valence electrons. The number of hydrogen-bond donors (Lipinski definition) is 1. The van der Waals surface area contributed by atoms with E-state index >= 15 is 0 Å². The van der Waals surface area contributed by atoms with Gasteiger partial charge in [0.2, 0.25) is 0 Å². The van der Waals surface area contributed by atoms with E-state index < -0.39 is 0 Å². The van der Waals surface area contributed by atoms with Crippen molar-refractivity contribution in [3.63, 3.8) is 0 Å². The molecule has 3 aromatic rings. The van der Waals surface area contributed by atoms with Gasteiger partial charge in [0, 0.05) is 36.0 Å². The number of carbonyl (C=O) groups is 2. The smallest absolute Gasteiger partial charge is 0.257 e. The zero-order chi connectivity index (χ0) is 20.9. The van der Waals surface area contributed by atoms with Gasteiger partial charge in [0.05, 0.1) is 11.3 Å². The third kappa shape index (κ3) is 4.40. The number of para-hydroxylation sites is 1. The minimum Gasteiger partial charge on any atom is -0.339 e. The van der Waals surface area contributed by atoms with Crippen LogP contribution in [0, 0.1) is 6.92 Å². The van der Waals surface area contributed by atoms with Gasteiger partial charge < -0.3 is 10.2 Å². The number of pyridine rings is 1. The first-order valence-corrected chi connectivity index (χ1v) is 10.3. The Kier molecular flexibility index (Phi) is 5.89. The number of benzene rings is 2. The van der Waals surface area contributed by atoms with Crippen molar-refractivity contribution < 1.29 is 9.59 Å². The minimum atomic E-state index is -0.147. The lowest BCUT2D eigenvalue weighted by Gasteiger charge is -2.32. The second-order valence-electron chi connectivity index (χ2n) is 7.64. The van der Waals surface area contributed by atoms with Crippen LogP contribution in [0.3, 0.4) is 0 Å². The molecule has 2 amide bonds. The van der Waals surface area contributed by atoms with Crippen LogP contribution in [0.5, 0.6) is 0 Å². The van der Waals surface area contributed by atoms with E-state index in [4.69, 9.17) is 4.98 Å². The topological polar surface area (TPSA) is 62.3 Å². The molecule has 0 radical (unpaired) electrons. The molecule has 0 saturated carbocycles. The molecule has 4 rings (SSSR count). The summed E-state index contributed by atoms with van der Waals surface area (Å²) >= 11 is 0. The van der Waals surface area contributed by atoms with Crippen molar-refractivity contribution in [2.45, 2.75) is 25.7 Å². The fourth-order valence-corrected chi connectivity index (χ4v) is 3.92. The van der Waals surface area contributed by atoms with Crippen LogP contribution in [0.1, 0.15) is 50.9 Å². The van der Waals surface area contributed by atoms with Crippen molar-refractivity contribution in [1.82, 2.24) is 9.88 Å². The summed E-state index contributed by atoms with van der Waals surface area (Å²) in [6.45, 7) is 3.26. The van der Waals surface area contributed by atoms with Gasteiger partial charge >= 0.3 is 0 Å². The van der Waals surface area contributed by atoms with Crippen LogP contribution in [0.4, 0.5) is 5.69 Å². The fraction of sp³-hybridized carbons (Fsp3) is 0.240. The second-order valence-corrected chi connectivity index (χ2v) is 7.64. The highest BCUT2D eigenvalue weighted by Gasteiger charge is 2.28. The third-order valence-electron chi connectivity index (χ3n) is 5.53. The molecular formula is C25H25N3O2. The van der Waals surface area contributed by atoms with Crippen LogP contribution in [-0.4, -0.2) is 34.8 Å². The first-order valence-electron chi connectivity index (χ1n) is 10.3. The molecule has 5 nitrogen and oxygen atoms in total. The fourth-order valence-electron chi connectivity index (χ4n) is 3.92. The van der Waals surface area contributed by atoms with Gasteiger partial charge in [0.15, 0.2) is 0 Å². The summed E-state index contributed by atoms with van der Waals surface area (Å²) in [5.41, 5.74) is 3.81. The van der Waals surface area contributed by atoms with E-state index in [9.17, 15) is 9.59 Å². The molecule has 1 fully saturated rings. The zero-order valence-corrected chi connectivity index (χ0v) is 17.0. The maximum atomic E-state index is 12.9. The van der Waals surface area contributed by atoms with Gasteiger partial charge in [0.25, 0.3) is 11.8 Å². The maximum absolute atomic E-state index is 12.9. The van der Waals surface area contributed by atoms with Crippen LogP contribution in [0.15, 0.2) is 72.8 Å². The molecule has 0 aliphatic carbocycles. The van der Waals surface area contributed by atoms with Gasteiger partial charge in [0.1, 0.15) is 0 Å². The number of aromatic nitrogens is 1. The number of likely N-dealkylation sites (tertiary alicyclic amines) is 1. The van der Waals surface area contributed by atoms with Crippen molar-refractivity contribution in [2.24, 2.45) is 0 Å². The first-order chi connectivity index (χ1) is 14.6. The normalized spacial score (nSPS) is 14.4. The Morgan fingerprint density at radius 3 is 2.20 bits per heavy atom. The quantitative estimate of drug-likeness (QED) is 0.694. The zero-order valence-electron chi connectivity index (χ0n) is 17.0. The monoisotopic (exact) mass is 399 g/mol. The predicted molar refractivity (Wildman–Crippen MR) is 118 cm³/mol. The van der Waals surface area contributed by atoms with E-state index in [1.807, 2.05) is 84.6 Å². The van der Waals surface area contributed by atoms with E-state index in [1.54, 1.807) is 0 Å². The van der Waals surface area contributed by atoms with Gasteiger partial charge in [-0.15, -0.1) is 0 Å². The number of amides is 2. The summed E-state index contributed by atoms with van der Waals surface area (Å²) in [4.78, 5) is 32.3. The van der Waals surface area contributed by atoms with Gasteiger partial charge in [-0.25, -0.2) is 0 Å². The molecule has 0 unspecified atom stereocenters. The van der Waals surface area contributed by atoms with Crippen molar-refractivity contribution in [3.8, 4) is 0 Å². The molecule has 1 N–H and O–H groups in total. The van der Waals surface area contributed by atoms with Crippen LogP contribution >= 0.6 is 0 Å². The molecule has 2 heterocycles. The first kappa shape index (κ1) is 19.8. The summed E-state index contributed by atoms with van der Waals surface area (Å²) in [7, 11) is 0. The lowest BCUT2D eigenvalue weighted by molar-refractivity contribution is 0.0711. The number of aryl methyl sites for hydroxylation is 1. The molecule has 0 spiro atoms. The van der Waals surface area contributed by atoms with Gasteiger partial charge in [-0.05, 0) is 56.2 Å². The summed E-state index contributed by atoms with van der Waals surface area (Å²) in [5.74, 6) is 0.0704. The highest BCUT2D eigenvalue weighted by molar-refractivity contribution is 6.05. The SMILES string of the molecule is Cc1ccc(C(=O)Nc2ccccc2)c(C2CCN(C(=O)c3ccccc3)CC2)n1. The average molecular weight is 399 g/mol. The molecule has 5 heteroatoms. The highest BCUT2D eigenvalue weighted by atomic mass is 16.2. The lowest BCUT2D eigenvalue weighted by Crippen LogP contribution is -2.38. The predicted octanol–water partition coefficient (Wildman–Crippen LogP) is 4.66. The van der Waals surface area contributed by atoms with E-state index in [2.05, 4.69) is 5.32 Å². The van der Waals surface area contributed by atoms with Crippen LogP contribution in [0.25, 0.3) is 0 Å². The molecule has 1 aliphatic rings. The number of carbonyl (C=O) groups excluding carboxylic acids is 2. The average Bonchev–Trinajstić information content (AvgIpc) is 2.80. The number of piperidine rings is 1. The Morgan fingerprint density at radius 1 is 0.900 bits per heavy atom. The van der Waals surface area contributed by atoms with Crippen LogP contribution in [0.2, 0.25) is 0 Å². The molecular weight excluding hydrogens is 374 g/mol. The van der Waals surface area contributed by atoms with E-state index in [1.165, 1.54) is 0 Å². The maximum Gasteiger partial charge on any atom is 0.257 e. The van der Waals surface area contributed by atoms with Gasteiger partial charge in [-0.3, -0.25) is 14.6 Å². The van der Waals surface area contributed by atoms with Gasteiger partial charge in [-0.1, -0.05) is 36.4 Å². The molecule has 30 heavy (non-hydrogen) atoms. The summed E-state index contributed by atoms with van der Waals surface area (Å²) in [5, 5.41) is 2.96. The molecule has 1 aromatic heterocycles. The van der Waals surface area contributed by atoms with E-state index in [0.717, 1.165) is 29.9 Å². The molecule has 1 aliphatic heterocycles. The van der Waals surface area contributed by atoms with Crippen molar-refractivity contribution in [3.05, 3.63) is 95.3 Å². The number of hydrogen-bond acceptors (Lipinski definition) is 3. The Labute approximate surface area is 176 Å². The Balaban J connectivity index is 1.49. The third-order valence-corrected chi connectivity index (χ3v) is 5.53. The lowest BCUT2D eigenvalue weighted by atomic mass is 9.89. The molecule has 0 atom stereocenters. The molecule has 2 aromatic carbocycles. The van der Waals surface area contributed by atoms with Crippen molar-refractivity contribution in [1.29, 1.82) is 0 Å². The molecule has 0 bridgehead atoms. The summed E-state index contributed by atoms with van der Waals surface area (Å²) in [6, 6.07) is 22.5. The number of nitrogens with one attached hydrogen (secondary N) is 1. The van der Waals surface area contributed by atoms with Gasteiger partial charge in [-0.2, -0.15) is 0 Å². The number of rotatable bonds is 4. The van der Waals surface area contributed by atoms with E-state index in [-0.39, 0.29) is 17.7 Å². The Bertz CT molecular complexity index is 1030. The summed E-state index contributed by atoms with van der Waals surface area (Å²) < 4.78 is 0. The standard InChI is InChI=1S/C25H25N3O2/c1-18-12-13-22(24(29)27-21-10-6-3-7-11-21)23(26-18)19-14-16-28(17-15-19)25(30)20-8-4-2-5-9-20/h2-13,19H,14-17H2,1H3,(H,27,29). The molecule has 1 saturated heterocycles. The van der Waals surface area contributed by atoms with E-state index in [0.29, 0.717) is 24.2 Å². The number of anilines is 1. The highest BCUT2D eigenvalue weighted by Crippen LogP contribution is 2.30. The Hall–Kier alpha value is -3.47. The number of nitrogens with zero attached hydrogens (tertiary/aromatic N) is 2. The largest absolute Gasteiger partial charge is 0.339 e. The van der Waals surface area contributed by atoms with Crippen molar-refractivity contribution >= 4 is 17.5 Å².